The molecule has 1 fully saturated rings. The summed E-state index contributed by atoms with van der Waals surface area (Å²) in [5, 5.41) is 12.4. The Morgan fingerprint density at radius 1 is 1.16 bits per heavy atom. The van der Waals surface area contributed by atoms with Crippen LogP contribution in [0, 0.1) is 0 Å². The maximum Gasteiger partial charge on any atom is 0.280 e. The number of likely N-dealkylation sites (tertiary alicyclic amines) is 1. The minimum Gasteiger partial charge on any atom is -0.497 e. The number of carbonyl (C=O) groups excluding carboxylic acids is 1. The average Bonchev–Trinajstić information content (AvgIpc) is 3.48. The Labute approximate surface area is 180 Å². The lowest BCUT2D eigenvalue weighted by Gasteiger charge is -2.32. The number of methoxy groups -OCH3 is 2. The van der Waals surface area contributed by atoms with Gasteiger partial charge in [0.2, 0.25) is 0 Å². The van der Waals surface area contributed by atoms with Gasteiger partial charge < -0.3 is 18.9 Å². The molecule has 4 rings (SSSR count). The number of piperidine rings is 1. The lowest BCUT2D eigenvalue weighted by atomic mass is 10.0. The molecule has 3 aromatic rings. The van der Waals surface area contributed by atoms with E-state index in [0.29, 0.717) is 47.6 Å². The van der Waals surface area contributed by atoms with E-state index in [1.54, 1.807) is 32.4 Å². The summed E-state index contributed by atoms with van der Waals surface area (Å²) in [6.07, 6.45) is 5.11. The molecular weight excluding hydrogens is 400 g/mol. The van der Waals surface area contributed by atoms with Crippen molar-refractivity contribution in [1.29, 1.82) is 0 Å². The van der Waals surface area contributed by atoms with Crippen LogP contribution in [0.5, 0.6) is 11.5 Å². The lowest BCUT2D eigenvalue weighted by Crippen LogP contribution is -2.39. The Kier molecular flexibility index (Phi) is 6.15. The van der Waals surface area contributed by atoms with Crippen LogP contribution in [0.25, 0.3) is 11.6 Å². The number of hydrogen-bond acceptors (Lipinski definition) is 8. The number of aromatic nitrogens is 5. The van der Waals surface area contributed by atoms with Crippen molar-refractivity contribution in [2.24, 2.45) is 0 Å². The van der Waals surface area contributed by atoms with Crippen molar-refractivity contribution in [3.63, 3.8) is 0 Å². The largest absolute Gasteiger partial charge is 0.497 e. The fourth-order valence-corrected chi connectivity index (χ4v) is 3.68. The van der Waals surface area contributed by atoms with Crippen LogP contribution in [0.3, 0.4) is 0 Å². The summed E-state index contributed by atoms with van der Waals surface area (Å²) in [5.74, 6) is 2.21. The molecule has 2 aromatic heterocycles. The minimum absolute atomic E-state index is 0.0377. The second-order valence-corrected chi connectivity index (χ2v) is 7.47. The normalized spacial score (nSPS) is 14.6. The van der Waals surface area contributed by atoms with E-state index in [9.17, 15) is 4.79 Å². The van der Waals surface area contributed by atoms with Crippen molar-refractivity contribution in [3.05, 3.63) is 35.8 Å². The number of hydrogen-bond donors (Lipinski definition) is 0. The number of ether oxygens (including phenoxy) is 2. The first kappa shape index (κ1) is 20.8. The molecule has 0 atom stereocenters. The Hall–Kier alpha value is -3.43. The first-order chi connectivity index (χ1) is 15.1. The van der Waals surface area contributed by atoms with E-state index in [1.807, 2.05) is 15.8 Å². The zero-order valence-electron chi connectivity index (χ0n) is 17.9. The molecule has 1 aliphatic rings. The maximum absolute atomic E-state index is 13.0. The van der Waals surface area contributed by atoms with E-state index in [2.05, 4.69) is 27.4 Å². The van der Waals surface area contributed by atoms with Gasteiger partial charge >= 0.3 is 0 Å². The zero-order valence-corrected chi connectivity index (χ0v) is 17.9. The van der Waals surface area contributed by atoms with Crippen molar-refractivity contribution in [3.8, 4) is 23.1 Å². The van der Waals surface area contributed by atoms with Gasteiger partial charge in [-0.1, -0.05) is 17.3 Å². The summed E-state index contributed by atoms with van der Waals surface area (Å²) < 4.78 is 17.7. The fraction of sp³-hybridized carbons (Fsp3) is 0.476. The van der Waals surface area contributed by atoms with Gasteiger partial charge in [0.1, 0.15) is 11.5 Å². The predicted octanol–water partition coefficient (Wildman–Crippen LogP) is 2.78. The summed E-state index contributed by atoms with van der Waals surface area (Å²) in [7, 11) is 3.14. The van der Waals surface area contributed by atoms with Crippen LogP contribution in [0.2, 0.25) is 0 Å². The molecule has 0 spiro atoms. The molecule has 0 radical (unpaired) electrons. The van der Waals surface area contributed by atoms with E-state index < -0.39 is 0 Å². The molecule has 10 heteroatoms. The summed E-state index contributed by atoms with van der Waals surface area (Å²) in [6.45, 7) is 3.31. The number of rotatable bonds is 7. The summed E-state index contributed by atoms with van der Waals surface area (Å²) >= 11 is 0. The van der Waals surface area contributed by atoms with Crippen LogP contribution in [-0.4, -0.2) is 63.3 Å². The van der Waals surface area contributed by atoms with Gasteiger partial charge in [-0.25, -0.2) is 4.68 Å². The summed E-state index contributed by atoms with van der Waals surface area (Å²) in [6, 6.07) is 5.37. The first-order valence-electron chi connectivity index (χ1n) is 10.4. The number of nitrogens with zero attached hydrogens (tertiary/aromatic N) is 6. The minimum atomic E-state index is -0.0377. The molecule has 1 aliphatic heterocycles. The van der Waals surface area contributed by atoms with Crippen LogP contribution in [0.15, 0.2) is 28.9 Å². The van der Waals surface area contributed by atoms with Crippen LogP contribution < -0.4 is 9.47 Å². The second kappa shape index (κ2) is 9.15. The molecule has 3 heterocycles. The zero-order chi connectivity index (χ0) is 21.8. The molecule has 1 amide bonds. The maximum atomic E-state index is 13.0. The molecule has 0 unspecified atom stereocenters. The van der Waals surface area contributed by atoms with E-state index in [4.69, 9.17) is 14.0 Å². The molecule has 164 valence electrons. The van der Waals surface area contributed by atoms with Crippen molar-refractivity contribution in [2.75, 3.05) is 27.3 Å². The van der Waals surface area contributed by atoms with E-state index in [1.165, 1.54) is 0 Å². The standard InChI is InChI=1S/C21H26N6O4/c1-4-5-19-22-20(31-24-19)18-13-27(25-23-18)15-6-8-26(9-7-15)21(28)14-10-16(29-2)12-17(11-14)30-3/h10-13,15H,4-9H2,1-3H3. The van der Waals surface area contributed by atoms with Crippen LogP contribution in [0.1, 0.15) is 48.4 Å². The predicted molar refractivity (Wildman–Crippen MR) is 111 cm³/mol. The average molecular weight is 426 g/mol. The molecule has 31 heavy (non-hydrogen) atoms. The van der Waals surface area contributed by atoms with Crippen LogP contribution in [0.4, 0.5) is 0 Å². The van der Waals surface area contributed by atoms with Gasteiger partial charge in [0.15, 0.2) is 11.5 Å². The van der Waals surface area contributed by atoms with Crippen molar-refractivity contribution < 1.29 is 18.8 Å². The highest BCUT2D eigenvalue weighted by molar-refractivity contribution is 5.95. The summed E-state index contributed by atoms with van der Waals surface area (Å²) in [5.41, 5.74) is 1.12. The van der Waals surface area contributed by atoms with Gasteiger partial charge in [-0.05, 0) is 31.4 Å². The molecule has 0 bridgehead atoms. The first-order valence-corrected chi connectivity index (χ1v) is 10.4. The molecule has 0 saturated carbocycles. The van der Waals surface area contributed by atoms with Gasteiger partial charge in [0.05, 0.1) is 26.5 Å². The third-order valence-electron chi connectivity index (χ3n) is 5.40. The van der Waals surface area contributed by atoms with Crippen LogP contribution >= 0.6 is 0 Å². The topological polar surface area (TPSA) is 108 Å². The number of amides is 1. The number of benzene rings is 1. The molecule has 0 aliphatic carbocycles. The van der Waals surface area contributed by atoms with Gasteiger partial charge in [0, 0.05) is 31.1 Å². The van der Waals surface area contributed by atoms with E-state index in [0.717, 1.165) is 25.7 Å². The summed E-state index contributed by atoms with van der Waals surface area (Å²) in [4.78, 5) is 19.2. The SMILES string of the molecule is CCCc1noc(-c2cn(C3CCN(C(=O)c4cc(OC)cc(OC)c4)CC3)nn2)n1. The Bertz CT molecular complexity index is 1020. The fourth-order valence-electron chi connectivity index (χ4n) is 3.68. The smallest absolute Gasteiger partial charge is 0.280 e. The third-order valence-corrected chi connectivity index (χ3v) is 5.40. The molecule has 1 saturated heterocycles. The molecular formula is C21H26N6O4. The van der Waals surface area contributed by atoms with Gasteiger partial charge in [-0.15, -0.1) is 5.10 Å². The quantitative estimate of drug-likeness (QED) is 0.567. The van der Waals surface area contributed by atoms with E-state index in [-0.39, 0.29) is 11.9 Å². The van der Waals surface area contributed by atoms with E-state index >= 15 is 0 Å². The number of aryl methyl sites for hydroxylation is 1. The Balaban J connectivity index is 1.40. The van der Waals surface area contributed by atoms with Crippen molar-refractivity contribution >= 4 is 5.91 Å². The van der Waals surface area contributed by atoms with Crippen LogP contribution in [-0.2, 0) is 6.42 Å². The monoisotopic (exact) mass is 426 g/mol. The molecule has 1 aromatic carbocycles. The Morgan fingerprint density at radius 2 is 1.87 bits per heavy atom. The lowest BCUT2D eigenvalue weighted by molar-refractivity contribution is 0.0688. The van der Waals surface area contributed by atoms with Gasteiger partial charge in [-0.2, -0.15) is 4.98 Å². The Morgan fingerprint density at radius 3 is 2.52 bits per heavy atom. The third kappa shape index (κ3) is 4.52. The second-order valence-electron chi connectivity index (χ2n) is 7.47. The highest BCUT2D eigenvalue weighted by Crippen LogP contribution is 2.27. The highest BCUT2D eigenvalue weighted by atomic mass is 16.5. The van der Waals surface area contributed by atoms with Gasteiger partial charge in [-0.3, -0.25) is 4.79 Å². The van der Waals surface area contributed by atoms with Crippen molar-refractivity contribution in [2.45, 2.75) is 38.6 Å². The highest BCUT2D eigenvalue weighted by Gasteiger charge is 2.26. The number of carbonyl (C=O) groups is 1. The van der Waals surface area contributed by atoms with Crippen molar-refractivity contribution in [1.82, 2.24) is 30.0 Å². The van der Waals surface area contributed by atoms with Gasteiger partial charge in [0.25, 0.3) is 11.8 Å². The molecule has 0 N–H and O–H groups in total. The molecule has 10 nitrogen and oxygen atoms in total.